The van der Waals surface area contributed by atoms with Gasteiger partial charge in [-0.2, -0.15) is 13.2 Å². The smallest absolute Gasteiger partial charge is 0.166 e. The zero-order valence-electron chi connectivity index (χ0n) is 12.2. The Morgan fingerprint density at radius 1 is 0.750 bits per heavy atom. The summed E-state index contributed by atoms with van der Waals surface area (Å²) in [6, 6.07) is 18.4. The average molecular weight is 366 g/mol. The fourth-order valence-corrected chi connectivity index (χ4v) is 2.90. The van der Waals surface area contributed by atoms with E-state index in [1.807, 2.05) is 0 Å². The van der Waals surface area contributed by atoms with Crippen LogP contribution in [-0.2, 0) is 6.18 Å². The van der Waals surface area contributed by atoms with Crippen molar-refractivity contribution in [2.24, 2.45) is 0 Å². The summed E-state index contributed by atoms with van der Waals surface area (Å²) in [4.78, 5) is 0. The van der Waals surface area contributed by atoms with E-state index in [1.54, 1.807) is 36.4 Å². The summed E-state index contributed by atoms with van der Waals surface area (Å²) >= 11 is 12.5. The third-order valence-corrected chi connectivity index (χ3v) is 4.24. The largest absolute Gasteiger partial charge is 0.416 e. The lowest BCUT2D eigenvalue weighted by Crippen LogP contribution is -2.03. The molecular weight excluding hydrogens is 356 g/mol. The molecular formula is C19H10Cl2F3. The lowest BCUT2D eigenvalue weighted by molar-refractivity contribution is -0.137. The van der Waals surface area contributed by atoms with Crippen LogP contribution in [0.25, 0.3) is 22.3 Å². The Bertz CT molecular complexity index is 869. The monoisotopic (exact) mass is 365 g/mol. The summed E-state index contributed by atoms with van der Waals surface area (Å²) in [6.45, 7) is 0. The molecule has 3 aromatic rings. The van der Waals surface area contributed by atoms with Gasteiger partial charge in [0, 0.05) is 21.2 Å². The molecule has 0 fully saturated rings. The van der Waals surface area contributed by atoms with Gasteiger partial charge in [0.05, 0.1) is 5.56 Å². The Labute approximate surface area is 147 Å². The van der Waals surface area contributed by atoms with E-state index in [1.165, 1.54) is 12.1 Å². The minimum atomic E-state index is -4.35. The van der Waals surface area contributed by atoms with Gasteiger partial charge >= 0.3 is 6.18 Å². The van der Waals surface area contributed by atoms with Crippen LogP contribution in [0.2, 0.25) is 10.0 Å². The molecule has 5 heteroatoms. The van der Waals surface area contributed by atoms with Crippen LogP contribution in [0.15, 0.2) is 60.7 Å². The number of hydrogen-bond acceptors (Lipinski definition) is 0. The predicted octanol–water partition coefficient (Wildman–Crippen LogP) is 7.15. The molecule has 1 radical (unpaired) electrons. The number of halogens is 5. The Balaban J connectivity index is 1.97. The maximum absolute atomic E-state index is 12.6. The minimum absolute atomic E-state index is 0.473. The van der Waals surface area contributed by atoms with Gasteiger partial charge in [0.25, 0.3) is 0 Å². The van der Waals surface area contributed by atoms with Gasteiger partial charge in [-0.25, -0.2) is 0 Å². The van der Waals surface area contributed by atoms with Crippen molar-refractivity contribution in [2.75, 3.05) is 0 Å². The second kappa shape index (κ2) is 6.50. The second-order valence-electron chi connectivity index (χ2n) is 5.18. The Morgan fingerprint density at radius 2 is 1.38 bits per heavy atom. The van der Waals surface area contributed by atoms with Gasteiger partial charge < -0.3 is 0 Å². The zero-order valence-corrected chi connectivity index (χ0v) is 13.7. The molecule has 0 aliphatic heterocycles. The highest BCUT2D eigenvalue weighted by Crippen LogP contribution is 2.36. The molecule has 0 bridgehead atoms. The van der Waals surface area contributed by atoms with E-state index >= 15 is 0 Å². The molecule has 0 spiro atoms. The molecule has 0 nitrogen and oxygen atoms in total. The van der Waals surface area contributed by atoms with Crippen molar-refractivity contribution in [2.45, 2.75) is 6.18 Å². The number of hydrogen-bond donors (Lipinski definition) is 0. The number of rotatable bonds is 2. The van der Waals surface area contributed by atoms with Crippen molar-refractivity contribution in [1.82, 2.24) is 0 Å². The van der Waals surface area contributed by atoms with Crippen LogP contribution in [0, 0.1) is 6.07 Å². The Morgan fingerprint density at radius 3 is 1.96 bits per heavy atom. The first-order valence-electron chi connectivity index (χ1n) is 6.99. The molecule has 0 aliphatic rings. The summed E-state index contributed by atoms with van der Waals surface area (Å²) in [5.41, 5.74) is 2.24. The Hall–Kier alpha value is -1.97. The fourth-order valence-electron chi connectivity index (χ4n) is 2.39. The maximum atomic E-state index is 12.6. The SMILES string of the molecule is FC(F)(F)c1ccc(-c2ccc(-c3cc[c]cc3Cl)c(Cl)c2)cc1. The zero-order chi connectivity index (χ0) is 17.3. The topological polar surface area (TPSA) is 0 Å². The molecule has 0 aliphatic carbocycles. The van der Waals surface area contributed by atoms with Crippen molar-refractivity contribution < 1.29 is 13.2 Å². The first kappa shape index (κ1) is 16.9. The quantitative estimate of drug-likeness (QED) is 0.452. The molecule has 0 unspecified atom stereocenters. The van der Waals surface area contributed by atoms with Gasteiger partial charge in [0.1, 0.15) is 0 Å². The van der Waals surface area contributed by atoms with E-state index in [4.69, 9.17) is 23.2 Å². The minimum Gasteiger partial charge on any atom is -0.166 e. The van der Waals surface area contributed by atoms with Gasteiger partial charge in [-0.15, -0.1) is 0 Å². The molecule has 0 heterocycles. The molecule has 0 N–H and O–H groups in total. The Kier molecular flexibility index (Phi) is 4.57. The molecule has 0 saturated heterocycles. The predicted molar refractivity (Wildman–Crippen MR) is 91.2 cm³/mol. The highest BCUT2D eigenvalue weighted by molar-refractivity contribution is 6.36. The van der Waals surface area contributed by atoms with Gasteiger partial charge in [-0.3, -0.25) is 0 Å². The van der Waals surface area contributed by atoms with Gasteiger partial charge in [-0.1, -0.05) is 59.6 Å². The molecule has 24 heavy (non-hydrogen) atoms. The van der Waals surface area contributed by atoms with E-state index in [-0.39, 0.29) is 0 Å². The highest BCUT2D eigenvalue weighted by atomic mass is 35.5. The summed E-state index contributed by atoms with van der Waals surface area (Å²) in [6.07, 6.45) is -4.35. The molecule has 0 aromatic heterocycles. The standard InChI is InChI=1S/C19H10Cl2F3/c20-17-4-2-1-3-15(17)16-10-7-13(11-18(16)21)12-5-8-14(9-6-12)19(22,23)24/h1,3-11H. The fraction of sp³-hybridized carbons (Fsp3) is 0.0526. The summed E-state index contributed by atoms with van der Waals surface area (Å²) in [5.74, 6) is 0. The van der Waals surface area contributed by atoms with Crippen LogP contribution < -0.4 is 0 Å². The molecule has 0 atom stereocenters. The van der Waals surface area contributed by atoms with Crippen LogP contribution in [-0.4, -0.2) is 0 Å². The van der Waals surface area contributed by atoms with Gasteiger partial charge in [0.15, 0.2) is 0 Å². The van der Waals surface area contributed by atoms with Crippen molar-refractivity contribution in [3.8, 4) is 22.3 Å². The van der Waals surface area contributed by atoms with Crippen molar-refractivity contribution in [3.63, 3.8) is 0 Å². The van der Waals surface area contributed by atoms with E-state index in [0.717, 1.165) is 28.8 Å². The summed E-state index contributed by atoms with van der Waals surface area (Å²) in [7, 11) is 0. The molecule has 121 valence electrons. The number of alkyl halides is 3. The normalized spacial score (nSPS) is 11.5. The third kappa shape index (κ3) is 3.42. The van der Waals surface area contributed by atoms with E-state index in [9.17, 15) is 13.2 Å². The van der Waals surface area contributed by atoms with E-state index in [2.05, 4.69) is 6.07 Å². The van der Waals surface area contributed by atoms with Gasteiger partial charge in [0.2, 0.25) is 0 Å². The lowest BCUT2D eigenvalue weighted by atomic mass is 9.99. The van der Waals surface area contributed by atoms with Crippen molar-refractivity contribution >= 4 is 23.2 Å². The number of benzene rings is 3. The molecule has 3 aromatic carbocycles. The van der Waals surface area contributed by atoms with Gasteiger partial charge in [-0.05, 0) is 41.5 Å². The van der Waals surface area contributed by atoms with Crippen LogP contribution in [0.4, 0.5) is 13.2 Å². The summed E-state index contributed by atoms with van der Waals surface area (Å²) in [5, 5.41) is 1.00. The highest BCUT2D eigenvalue weighted by Gasteiger charge is 2.29. The van der Waals surface area contributed by atoms with E-state index < -0.39 is 11.7 Å². The van der Waals surface area contributed by atoms with E-state index in [0.29, 0.717) is 15.6 Å². The van der Waals surface area contributed by atoms with Crippen LogP contribution >= 0.6 is 23.2 Å². The molecule has 3 rings (SSSR count). The average Bonchev–Trinajstić information content (AvgIpc) is 2.55. The van der Waals surface area contributed by atoms with Crippen LogP contribution in [0.3, 0.4) is 0 Å². The first-order chi connectivity index (χ1) is 11.4. The van der Waals surface area contributed by atoms with Crippen LogP contribution in [0.1, 0.15) is 5.56 Å². The lowest BCUT2D eigenvalue weighted by Gasteiger charge is -2.10. The molecule has 0 amide bonds. The summed E-state index contributed by atoms with van der Waals surface area (Å²) < 4.78 is 37.9. The third-order valence-electron chi connectivity index (χ3n) is 3.62. The van der Waals surface area contributed by atoms with Crippen molar-refractivity contribution in [3.05, 3.63) is 82.3 Å². The van der Waals surface area contributed by atoms with Crippen LogP contribution in [0.5, 0.6) is 0 Å². The van der Waals surface area contributed by atoms with Crippen molar-refractivity contribution in [1.29, 1.82) is 0 Å². The second-order valence-corrected chi connectivity index (χ2v) is 5.99. The first-order valence-corrected chi connectivity index (χ1v) is 7.75. The molecule has 0 saturated carbocycles. The maximum Gasteiger partial charge on any atom is 0.416 e.